The van der Waals surface area contributed by atoms with Crippen molar-refractivity contribution in [2.75, 3.05) is 7.11 Å². The Morgan fingerprint density at radius 3 is 2.48 bits per heavy atom. The molecule has 0 saturated carbocycles. The van der Waals surface area contributed by atoms with Gasteiger partial charge in [0.05, 0.1) is 18.7 Å². The topological polar surface area (TPSA) is 50.1 Å². The van der Waals surface area contributed by atoms with E-state index in [-0.39, 0.29) is 5.78 Å². The monoisotopic (exact) mass is 283 g/mol. The standard InChI is InChI=1S/C17H14FNO2/c1-11-3-8-16(21-2)14(9-11)17(20)15(10-19)12-4-6-13(18)7-5-12/h3-9,15H,1-2H3. The zero-order valence-electron chi connectivity index (χ0n) is 11.8. The Hall–Kier alpha value is -2.67. The van der Waals surface area contributed by atoms with E-state index < -0.39 is 11.7 Å². The highest BCUT2D eigenvalue weighted by Gasteiger charge is 2.24. The summed E-state index contributed by atoms with van der Waals surface area (Å²) in [6.45, 7) is 1.86. The van der Waals surface area contributed by atoms with Gasteiger partial charge in [-0.15, -0.1) is 0 Å². The van der Waals surface area contributed by atoms with Gasteiger partial charge in [0.25, 0.3) is 0 Å². The average molecular weight is 283 g/mol. The number of ether oxygens (including phenoxy) is 1. The molecule has 0 N–H and O–H groups in total. The Morgan fingerprint density at radius 1 is 1.24 bits per heavy atom. The van der Waals surface area contributed by atoms with E-state index in [9.17, 15) is 14.4 Å². The minimum absolute atomic E-state index is 0.355. The van der Waals surface area contributed by atoms with E-state index in [2.05, 4.69) is 0 Å². The van der Waals surface area contributed by atoms with Crippen molar-refractivity contribution in [3.8, 4) is 11.8 Å². The molecule has 0 aliphatic carbocycles. The van der Waals surface area contributed by atoms with Gasteiger partial charge in [-0.05, 0) is 36.8 Å². The van der Waals surface area contributed by atoms with Crippen LogP contribution in [0.3, 0.4) is 0 Å². The summed E-state index contributed by atoms with van der Waals surface area (Å²) >= 11 is 0. The second kappa shape index (κ2) is 6.19. The number of halogens is 1. The number of hydrogen-bond donors (Lipinski definition) is 0. The lowest BCUT2D eigenvalue weighted by atomic mass is 9.91. The molecule has 0 aliphatic heterocycles. The highest BCUT2D eigenvalue weighted by Crippen LogP contribution is 2.27. The summed E-state index contributed by atoms with van der Waals surface area (Å²) in [7, 11) is 1.47. The highest BCUT2D eigenvalue weighted by atomic mass is 19.1. The minimum atomic E-state index is -0.985. The number of methoxy groups -OCH3 is 1. The third-order valence-corrected chi connectivity index (χ3v) is 3.22. The van der Waals surface area contributed by atoms with Crippen molar-refractivity contribution in [1.82, 2.24) is 0 Å². The molecular weight excluding hydrogens is 269 g/mol. The van der Waals surface area contributed by atoms with Gasteiger partial charge in [-0.25, -0.2) is 4.39 Å². The van der Waals surface area contributed by atoms with Gasteiger partial charge in [0.1, 0.15) is 17.5 Å². The number of carbonyl (C=O) groups is 1. The van der Waals surface area contributed by atoms with Crippen molar-refractivity contribution < 1.29 is 13.9 Å². The smallest absolute Gasteiger partial charge is 0.188 e. The van der Waals surface area contributed by atoms with Crippen molar-refractivity contribution in [2.45, 2.75) is 12.8 Å². The normalized spacial score (nSPS) is 11.5. The first kappa shape index (κ1) is 14.7. The van der Waals surface area contributed by atoms with Crippen LogP contribution in [-0.4, -0.2) is 12.9 Å². The molecule has 0 heterocycles. The van der Waals surface area contributed by atoms with Crippen LogP contribution in [0.15, 0.2) is 42.5 Å². The molecule has 0 aromatic heterocycles. The van der Waals surface area contributed by atoms with Crippen LogP contribution in [0, 0.1) is 24.1 Å². The van der Waals surface area contributed by atoms with Crippen molar-refractivity contribution in [3.05, 3.63) is 65.0 Å². The molecule has 106 valence electrons. The van der Waals surface area contributed by atoms with Crippen molar-refractivity contribution in [3.63, 3.8) is 0 Å². The summed E-state index contributed by atoms with van der Waals surface area (Å²) in [4.78, 5) is 12.6. The first-order valence-electron chi connectivity index (χ1n) is 6.40. The summed E-state index contributed by atoms with van der Waals surface area (Å²) in [6, 6.07) is 12.6. The molecule has 2 aromatic carbocycles. The van der Waals surface area contributed by atoms with Crippen molar-refractivity contribution in [2.24, 2.45) is 0 Å². The van der Waals surface area contributed by atoms with Gasteiger partial charge in [0, 0.05) is 0 Å². The SMILES string of the molecule is COc1ccc(C)cc1C(=O)C(C#N)c1ccc(F)cc1. The van der Waals surface area contributed by atoms with Crippen LogP contribution in [0.1, 0.15) is 27.4 Å². The molecule has 0 amide bonds. The molecule has 0 aliphatic rings. The fourth-order valence-corrected chi connectivity index (χ4v) is 2.11. The molecule has 0 fully saturated rings. The molecule has 0 bridgehead atoms. The number of nitrogens with zero attached hydrogens (tertiary/aromatic N) is 1. The minimum Gasteiger partial charge on any atom is -0.496 e. The number of benzene rings is 2. The second-order valence-corrected chi connectivity index (χ2v) is 4.68. The summed E-state index contributed by atoms with van der Waals surface area (Å²) in [5.74, 6) is -1.32. The van der Waals surface area contributed by atoms with E-state index in [1.54, 1.807) is 12.1 Å². The number of hydrogen-bond acceptors (Lipinski definition) is 3. The summed E-state index contributed by atoms with van der Waals surface area (Å²) in [6.07, 6.45) is 0. The number of carbonyl (C=O) groups excluding carboxylic acids is 1. The zero-order valence-corrected chi connectivity index (χ0v) is 11.8. The Balaban J connectivity index is 2.44. The van der Waals surface area contributed by atoms with Gasteiger partial charge in [0.15, 0.2) is 5.78 Å². The van der Waals surface area contributed by atoms with Crippen LogP contribution in [0.25, 0.3) is 0 Å². The molecule has 3 nitrogen and oxygen atoms in total. The highest BCUT2D eigenvalue weighted by molar-refractivity contribution is 6.05. The van der Waals surface area contributed by atoms with E-state index >= 15 is 0 Å². The summed E-state index contributed by atoms with van der Waals surface area (Å²) < 4.78 is 18.1. The van der Waals surface area contributed by atoms with Crippen molar-refractivity contribution in [1.29, 1.82) is 5.26 Å². The number of ketones is 1. The molecule has 21 heavy (non-hydrogen) atoms. The van der Waals surface area contributed by atoms with Crippen LogP contribution < -0.4 is 4.74 Å². The summed E-state index contributed by atoms with van der Waals surface area (Å²) in [5.41, 5.74) is 1.72. The van der Waals surface area contributed by atoms with Gasteiger partial charge in [-0.3, -0.25) is 4.79 Å². The van der Waals surface area contributed by atoms with Crippen LogP contribution in [0.5, 0.6) is 5.75 Å². The lowest BCUT2D eigenvalue weighted by Gasteiger charge is -2.12. The Morgan fingerprint density at radius 2 is 1.90 bits per heavy atom. The van der Waals surface area contributed by atoms with Crippen LogP contribution in [-0.2, 0) is 0 Å². The Bertz CT molecular complexity index is 702. The predicted molar refractivity (Wildman–Crippen MR) is 76.8 cm³/mol. The van der Waals surface area contributed by atoms with Crippen LogP contribution >= 0.6 is 0 Å². The van der Waals surface area contributed by atoms with E-state index in [1.165, 1.54) is 31.4 Å². The van der Waals surface area contributed by atoms with Gasteiger partial charge in [-0.1, -0.05) is 23.8 Å². The molecule has 0 saturated heterocycles. The van der Waals surface area contributed by atoms with E-state index in [0.717, 1.165) is 5.56 Å². The lowest BCUT2D eigenvalue weighted by Crippen LogP contribution is -2.13. The first-order valence-corrected chi connectivity index (χ1v) is 6.40. The quantitative estimate of drug-likeness (QED) is 0.805. The number of nitriles is 1. The Labute approximate surface area is 122 Å². The lowest BCUT2D eigenvalue weighted by molar-refractivity contribution is 0.0976. The molecule has 0 spiro atoms. The molecule has 2 rings (SSSR count). The molecule has 2 aromatic rings. The number of aryl methyl sites for hydroxylation is 1. The average Bonchev–Trinajstić information content (AvgIpc) is 2.49. The van der Waals surface area contributed by atoms with Crippen LogP contribution in [0.4, 0.5) is 4.39 Å². The fraction of sp³-hybridized carbons (Fsp3) is 0.176. The second-order valence-electron chi connectivity index (χ2n) is 4.68. The molecule has 0 radical (unpaired) electrons. The fourth-order valence-electron chi connectivity index (χ4n) is 2.11. The van der Waals surface area contributed by atoms with E-state index in [4.69, 9.17) is 4.74 Å². The number of rotatable bonds is 4. The Kier molecular flexibility index (Phi) is 4.34. The molecule has 1 unspecified atom stereocenters. The predicted octanol–water partition coefficient (Wildman–Crippen LogP) is 3.63. The maximum absolute atomic E-state index is 13.0. The maximum atomic E-state index is 13.0. The summed E-state index contributed by atoms with van der Waals surface area (Å²) in [5, 5.41) is 9.31. The van der Waals surface area contributed by atoms with E-state index in [0.29, 0.717) is 16.9 Å². The zero-order chi connectivity index (χ0) is 15.4. The first-order chi connectivity index (χ1) is 10.1. The van der Waals surface area contributed by atoms with Crippen LogP contribution in [0.2, 0.25) is 0 Å². The molecule has 4 heteroatoms. The molecular formula is C17H14FNO2. The van der Waals surface area contributed by atoms with Gasteiger partial charge in [0.2, 0.25) is 0 Å². The molecule has 1 atom stereocenters. The third kappa shape index (κ3) is 3.09. The largest absolute Gasteiger partial charge is 0.496 e. The van der Waals surface area contributed by atoms with Gasteiger partial charge >= 0.3 is 0 Å². The van der Waals surface area contributed by atoms with Gasteiger partial charge in [-0.2, -0.15) is 5.26 Å². The van der Waals surface area contributed by atoms with Gasteiger partial charge < -0.3 is 4.74 Å². The maximum Gasteiger partial charge on any atom is 0.188 e. The van der Waals surface area contributed by atoms with E-state index in [1.807, 2.05) is 19.1 Å². The van der Waals surface area contributed by atoms with Crippen molar-refractivity contribution >= 4 is 5.78 Å². The third-order valence-electron chi connectivity index (χ3n) is 3.22. The number of Topliss-reactive ketones (excluding diaryl/α,β-unsaturated/α-hetero) is 1.